The zero-order valence-electron chi connectivity index (χ0n) is 15.9. The molecule has 0 aromatic rings. The maximum absolute atomic E-state index is 11.8. The van der Waals surface area contributed by atoms with Gasteiger partial charge in [-0.1, -0.05) is 26.7 Å². The van der Waals surface area contributed by atoms with Crippen LogP contribution in [0.25, 0.3) is 0 Å². The molecule has 0 aromatic heterocycles. The minimum atomic E-state index is -0.476. The van der Waals surface area contributed by atoms with Gasteiger partial charge in [-0.15, -0.1) is 24.0 Å². The predicted octanol–water partition coefficient (Wildman–Crippen LogP) is 3.26. The van der Waals surface area contributed by atoms with Gasteiger partial charge in [-0.05, 0) is 39.5 Å². The van der Waals surface area contributed by atoms with Crippen molar-refractivity contribution < 1.29 is 9.53 Å². The fourth-order valence-corrected chi connectivity index (χ4v) is 2.26. The number of carbonyl (C=O) groups excluding carboxylic acids is 1. The Morgan fingerprint density at radius 3 is 2.46 bits per heavy atom. The lowest BCUT2D eigenvalue weighted by Gasteiger charge is -2.24. The average molecular weight is 454 g/mol. The summed E-state index contributed by atoms with van der Waals surface area (Å²) in [5.41, 5.74) is -0.476. The van der Waals surface area contributed by atoms with Crippen molar-refractivity contribution in [1.29, 1.82) is 0 Å². The molecule has 1 saturated carbocycles. The highest BCUT2D eigenvalue weighted by atomic mass is 127. The Morgan fingerprint density at radius 2 is 2.00 bits per heavy atom. The van der Waals surface area contributed by atoms with Crippen molar-refractivity contribution in [3.05, 3.63) is 0 Å². The van der Waals surface area contributed by atoms with Gasteiger partial charge in [-0.3, -0.25) is 4.99 Å². The summed E-state index contributed by atoms with van der Waals surface area (Å²) in [6.07, 6.45) is 4.02. The van der Waals surface area contributed by atoms with Crippen molar-refractivity contribution >= 4 is 36.0 Å². The topological polar surface area (TPSA) is 74.8 Å². The molecule has 0 saturated heterocycles. The van der Waals surface area contributed by atoms with Crippen LogP contribution in [0.2, 0.25) is 0 Å². The van der Waals surface area contributed by atoms with Crippen molar-refractivity contribution in [2.45, 2.75) is 78.0 Å². The highest BCUT2D eigenvalue weighted by Crippen LogP contribution is 2.28. The molecule has 7 heteroatoms. The molecule has 1 aliphatic carbocycles. The van der Waals surface area contributed by atoms with Gasteiger partial charge >= 0.3 is 6.09 Å². The summed E-state index contributed by atoms with van der Waals surface area (Å²) in [5, 5.41) is 9.68. The fourth-order valence-electron chi connectivity index (χ4n) is 2.26. The lowest BCUT2D eigenvalue weighted by atomic mass is 10.1. The Balaban J connectivity index is 0.00000529. The van der Waals surface area contributed by atoms with Crippen LogP contribution in [0, 0.1) is 5.92 Å². The van der Waals surface area contributed by atoms with Crippen molar-refractivity contribution in [3.8, 4) is 0 Å². The zero-order chi connectivity index (χ0) is 17.5. The maximum atomic E-state index is 11.8. The molecule has 0 radical (unpaired) electrons. The SMILES string of the molecule is CCCCC(CNC(=O)OC(C)(C)C)NC(=NC)NC1CC1C.I. The summed E-state index contributed by atoms with van der Waals surface area (Å²) in [6, 6.07) is 0.662. The van der Waals surface area contributed by atoms with Gasteiger partial charge in [0.25, 0.3) is 0 Å². The van der Waals surface area contributed by atoms with Crippen molar-refractivity contribution in [2.75, 3.05) is 13.6 Å². The number of rotatable bonds is 7. The zero-order valence-corrected chi connectivity index (χ0v) is 18.3. The molecule has 3 unspecified atom stereocenters. The number of nitrogens with one attached hydrogen (secondary N) is 3. The third kappa shape index (κ3) is 10.2. The van der Waals surface area contributed by atoms with E-state index >= 15 is 0 Å². The number of alkyl carbamates (subject to hydrolysis) is 1. The predicted molar refractivity (Wildman–Crippen MR) is 110 cm³/mol. The molecule has 0 aliphatic heterocycles. The highest BCUT2D eigenvalue weighted by Gasteiger charge is 2.33. The van der Waals surface area contributed by atoms with Crippen LogP contribution in [0.1, 0.15) is 60.3 Å². The molecule has 6 nitrogen and oxygen atoms in total. The third-order valence-electron chi connectivity index (χ3n) is 3.79. The minimum Gasteiger partial charge on any atom is -0.444 e. The number of guanidine groups is 1. The molecule has 1 fully saturated rings. The first-order valence-electron chi connectivity index (χ1n) is 8.71. The summed E-state index contributed by atoms with van der Waals surface area (Å²) < 4.78 is 5.29. The smallest absolute Gasteiger partial charge is 0.407 e. The van der Waals surface area contributed by atoms with Crippen LogP contribution in [0.4, 0.5) is 4.79 Å². The van der Waals surface area contributed by atoms with Crippen LogP contribution in [-0.2, 0) is 4.74 Å². The van der Waals surface area contributed by atoms with Crippen molar-refractivity contribution in [2.24, 2.45) is 10.9 Å². The number of carbonyl (C=O) groups is 1. The van der Waals surface area contributed by atoms with Gasteiger partial charge in [0.1, 0.15) is 5.60 Å². The Bertz CT molecular complexity index is 410. The first-order valence-corrected chi connectivity index (χ1v) is 8.71. The Morgan fingerprint density at radius 1 is 1.38 bits per heavy atom. The summed E-state index contributed by atoms with van der Waals surface area (Å²) in [4.78, 5) is 16.1. The van der Waals surface area contributed by atoms with Gasteiger partial charge in [0.05, 0.1) is 0 Å². The van der Waals surface area contributed by atoms with Crippen LogP contribution >= 0.6 is 24.0 Å². The minimum absolute atomic E-state index is 0. The van der Waals surface area contributed by atoms with Crippen LogP contribution in [0.5, 0.6) is 0 Å². The maximum Gasteiger partial charge on any atom is 0.407 e. The fraction of sp³-hybridized carbons (Fsp3) is 0.882. The van der Waals surface area contributed by atoms with E-state index < -0.39 is 5.60 Å². The largest absolute Gasteiger partial charge is 0.444 e. The molecule has 1 amide bonds. The number of unbranched alkanes of at least 4 members (excludes halogenated alkanes) is 1. The van der Waals surface area contributed by atoms with Gasteiger partial charge < -0.3 is 20.7 Å². The van der Waals surface area contributed by atoms with Crippen LogP contribution in [0.15, 0.2) is 4.99 Å². The lowest BCUT2D eigenvalue weighted by Crippen LogP contribution is -2.49. The number of ether oxygens (including phenoxy) is 1. The van der Waals surface area contributed by atoms with E-state index in [1.165, 1.54) is 6.42 Å². The Labute approximate surface area is 164 Å². The molecule has 3 N–H and O–H groups in total. The van der Waals surface area contributed by atoms with Gasteiger partial charge in [0.15, 0.2) is 5.96 Å². The summed E-state index contributed by atoms with van der Waals surface area (Å²) in [7, 11) is 1.78. The number of nitrogens with zero attached hydrogens (tertiary/aromatic N) is 1. The molecule has 0 spiro atoms. The second-order valence-corrected chi connectivity index (χ2v) is 7.40. The number of hydrogen-bond donors (Lipinski definition) is 3. The molecule has 0 heterocycles. The quantitative estimate of drug-likeness (QED) is 0.314. The molecule has 3 atom stereocenters. The number of halogens is 1. The molecular weight excluding hydrogens is 419 g/mol. The van der Waals surface area contributed by atoms with E-state index in [2.05, 4.69) is 34.8 Å². The first-order chi connectivity index (χ1) is 10.7. The molecule has 24 heavy (non-hydrogen) atoms. The second-order valence-electron chi connectivity index (χ2n) is 7.40. The first kappa shape index (κ1) is 23.3. The van der Waals surface area contributed by atoms with E-state index in [-0.39, 0.29) is 36.1 Å². The van der Waals surface area contributed by atoms with E-state index in [4.69, 9.17) is 4.74 Å². The molecule has 1 aliphatic rings. The third-order valence-corrected chi connectivity index (χ3v) is 3.79. The van der Waals surface area contributed by atoms with Gasteiger partial charge in [-0.2, -0.15) is 0 Å². The normalized spacial score (nSPS) is 21.3. The lowest BCUT2D eigenvalue weighted by molar-refractivity contribution is 0.0523. The van der Waals surface area contributed by atoms with E-state index in [1.807, 2.05) is 20.8 Å². The Kier molecular flexibility index (Phi) is 10.7. The van der Waals surface area contributed by atoms with Gasteiger partial charge in [0, 0.05) is 25.7 Å². The van der Waals surface area contributed by atoms with Crippen molar-refractivity contribution in [3.63, 3.8) is 0 Å². The van der Waals surface area contributed by atoms with Gasteiger partial charge in [-0.25, -0.2) is 4.79 Å². The number of aliphatic imine (C=N–C) groups is 1. The van der Waals surface area contributed by atoms with Gasteiger partial charge in [0.2, 0.25) is 0 Å². The summed E-state index contributed by atoms with van der Waals surface area (Å²) in [5.74, 6) is 1.52. The standard InChI is InChI=1S/C17H34N4O2.HI/c1-7-8-9-13(11-19-16(22)23-17(3,4)5)20-15(18-6)21-14-10-12(14)2;/h12-14H,7-11H2,1-6H3,(H,19,22)(H2,18,20,21);1H. The molecular formula is C17H35IN4O2. The summed E-state index contributed by atoms with van der Waals surface area (Å²) in [6.45, 7) is 10.5. The van der Waals surface area contributed by atoms with E-state index in [1.54, 1.807) is 7.05 Å². The molecule has 0 aromatic carbocycles. The van der Waals surface area contributed by atoms with E-state index in [0.29, 0.717) is 18.5 Å². The second kappa shape index (κ2) is 11.0. The average Bonchev–Trinajstić information content (AvgIpc) is 3.14. The van der Waals surface area contributed by atoms with Crippen molar-refractivity contribution in [1.82, 2.24) is 16.0 Å². The number of hydrogen-bond acceptors (Lipinski definition) is 3. The van der Waals surface area contributed by atoms with Crippen LogP contribution in [0.3, 0.4) is 0 Å². The van der Waals surface area contributed by atoms with Crippen LogP contribution in [-0.4, -0.2) is 43.3 Å². The molecule has 0 bridgehead atoms. The molecule has 1 rings (SSSR count). The summed E-state index contributed by atoms with van der Waals surface area (Å²) >= 11 is 0. The van der Waals surface area contributed by atoms with E-state index in [0.717, 1.165) is 25.2 Å². The Hall–Kier alpha value is -0.730. The monoisotopic (exact) mass is 454 g/mol. The van der Waals surface area contributed by atoms with E-state index in [9.17, 15) is 4.79 Å². The molecule has 142 valence electrons. The highest BCUT2D eigenvalue weighted by molar-refractivity contribution is 14.0. The number of amides is 1. The van der Waals surface area contributed by atoms with Crippen LogP contribution < -0.4 is 16.0 Å².